The van der Waals surface area contributed by atoms with Crippen LogP contribution in [0.15, 0.2) is 42.5 Å². The first-order chi connectivity index (χ1) is 11.7. The molecule has 0 aliphatic heterocycles. The Morgan fingerprint density at radius 3 is 2.36 bits per heavy atom. The van der Waals surface area contributed by atoms with Crippen LogP contribution in [0.2, 0.25) is 0 Å². The lowest BCUT2D eigenvalue weighted by Gasteiger charge is -2.08. The van der Waals surface area contributed by atoms with Crippen molar-refractivity contribution in [2.45, 2.75) is 6.92 Å². The van der Waals surface area contributed by atoms with E-state index in [1.54, 1.807) is 6.92 Å². The Balaban J connectivity index is 2.00. The molecule has 0 saturated heterocycles. The number of carbonyl (C=O) groups excluding carboxylic acids is 1. The van der Waals surface area contributed by atoms with E-state index < -0.39 is 14.9 Å². The third-order valence-electron chi connectivity index (χ3n) is 3.25. The molecule has 8 nitrogen and oxygen atoms in total. The molecule has 0 atom stereocenters. The summed E-state index contributed by atoms with van der Waals surface area (Å²) in [6.07, 6.45) is 1.03. The van der Waals surface area contributed by atoms with Crippen molar-refractivity contribution in [2.75, 3.05) is 17.6 Å². The SMILES string of the molecule is Cc1cc(OCC(=O)c2ccc(NS(C)(=O)=O)cc2)ccc1[N+](=O)[O-]. The molecule has 132 valence electrons. The van der Waals surface area contributed by atoms with E-state index in [1.807, 2.05) is 0 Å². The minimum absolute atomic E-state index is 0.0207. The monoisotopic (exact) mass is 364 g/mol. The van der Waals surface area contributed by atoms with E-state index in [1.165, 1.54) is 42.5 Å². The number of anilines is 1. The molecule has 0 fully saturated rings. The molecule has 0 amide bonds. The van der Waals surface area contributed by atoms with Crippen LogP contribution in [-0.4, -0.2) is 32.0 Å². The second kappa shape index (κ2) is 7.31. The fourth-order valence-electron chi connectivity index (χ4n) is 2.09. The van der Waals surface area contributed by atoms with E-state index in [0.717, 1.165) is 6.26 Å². The maximum atomic E-state index is 12.1. The average molecular weight is 364 g/mol. The minimum Gasteiger partial charge on any atom is -0.485 e. The lowest BCUT2D eigenvalue weighted by Crippen LogP contribution is -2.12. The minimum atomic E-state index is -3.38. The van der Waals surface area contributed by atoms with Crippen molar-refractivity contribution in [2.24, 2.45) is 0 Å². The van der Waals surface area contributed by atoms with Crippen molar-refractivity contribution in [3.05, 3.63) is 63.7 Å². The van der Waals surface area contributed by atoms with Crippen molar-refractivity contribution in [1.29, 1.82) is 0 Å². The number of nitro benzene ring substituents is 1. The Morgan fingerprint density at radius 1 is 1.20 bits per heavy atom. The average Bonchev–Trinajstić information content (AvgIpc) is 2.51. The van der Waals surface area contributed by atoms with Crippen LogP contribution in [0.3, 0.4) is 0 Å². The molecule has 0 aromatic heterocycles. The zero-order valence-corrected chi connectivity index (χ0v) is 14.4. The van der Waals surface area contributed by atoms with Gasteiger partial charge in [-0.15, -0.1) is 0 Å². The van der Waals surface area contributed by atoms with E-state index in [0.29, 0.717) is 22.6 Å². The zero-order valence-electron chi connectivity index (χ0n) is 13.6. The molecule has 2 aromatic rings. The van der Waals surface area contributed by atoms with Crippen LogP contribution in [0.5, 0.6) is 5.75 Å². The summed E-state index contributed by atoms with van der Waals surface area (Å²) in [6.45, 7) is 1.34. The van der Waals surface area contributed by atoms with Crippen LogP contribution in [-0.2, 0) is 10.0 Å². The molecule has 0 aliphatic carbocycles. The van der Waals surface area contributed by atoms with Gasteiger partial charge in [0.25, 0.3) is 5.69 Å². The van der Waals surface area contributed by atoms with Crippen molar-refractivity contribution in [3.8, 4) is 5.75 Å². The highest BCUT2D eigenvalue weighted by atomic mass is 32.2. The fourth-order valence-corrected chi connectivity index (χ4v) is 2.66. The first-order valence-corrected chi connectivity index (χ1v) is 9.04. The maximum absolute atomic E-state index is 12.1. The summed E-state index contributed by atoms with van der Waals surface area (Å²) in [6, 6.07) is 10.2. The van der Waals surface area contributed by atoms with Gasteiger partial charge in [0, 0.05) is 22.9 Å². The molecule has 0 aliphatic rings. The second-order valence-electron chi connectivity index (χ2n) is 5.37. The smallest absolute Gasteiger partial charge is 0.272 e. The highest BCUT2D eigenvalue weighted by molar-refractivity contribution is 7.92. The molecule has 0 radical (unpaired) electrons. The summed E-state index contributed by atoms with van der Waals surface area (Å²) in [5.74, 6) is 0.0497. The van der Waals surface area contributed by atoms with Crippen molar-refractivity contribution in [1.82, 2.24) is 0 Å². The number of nitrogens with zero attached hydrogens (tertiary/aromatic N) is 1. The summed E-state index contributed by atoms with van der Waals surface area (Å²) in [4.78, 5) is 22.4. The number of sulfonamides is 1. The van der Waals surface area contributed by atoms with Gasteiger partial charge in [-0.2, -0.15) is 0 Å². The molecule has 0 heterocycles. The number of ketones is 1. The molecule has 0 unspecified atom stereocenters. The van der Waals surface area contributed by atoms with Gasteiger partial charge in [-0.25, -0.2) is 8.42 Å². The van der Waals surface area contributed by atoms with Crippen LogP contribution >= 0.6 is 0 Å². The Morgan fingerprint density at radius 2 is 1.84 bits per heavy atom. The third-order valence-corrected chi connectivity index (χ3v) is 3.85. The van der Waals surface area contributed by atoms with Crippen LogP contribution in [0, 0.1) is 17.0 Å². The van der Waals surface area contributed by atoms with E-state index in [-0.39, 0.29) is 18.1 Å². The van der Waals surface area contributed by atoms with Crippen molar-refractivity contribution in [3.63, 3.8) is 0 Å². The van der Waals surface area contributed by atoms with Gasteiger partial charge >= 0.3 is 0 Å². The number of nitrogens with one attached hydrogen (secondary N) is 1. The summed E-state index contributed by atoms with van der Waals surface area (Å²) in [5.41, 5.74) is 1.13. The van der Waals surface area contributed by atoms with Crippen LogP contribution in [0.1, 0.15) is 15.9 Å². The Labute approximate surface area is 144 Å². The molecule has 2 rings (SSSR count). The van der Waals surface area contributed by atoms with E-state index in [9.17, 15) is 23.3 Å². The lowest BCUT2D eigenvalue weighted by atomic mass is 10.1. The van der Waals surface area contributed by atoms with Crippen molar-refractivity contribution < 1.29 is 22.9 Å². The summed E-state index contributed by atoms with van der Waals surface area (Å²) < 4.78 is 29.9. The molecule has 0 bridgehead atoms. The van der Waals surface area contributed by atoms with Crippen LogP contribution < -0.4 is 9.46 Å². The molecule has 25 heavy (non-hydrogen) atoms. The molecule has 1 N–H and O–H groups in total. The van der Waals surface area contributed by atoms with Crippen LogP contribution in [0.25, 0.3) is 0 Å². The van der Waals surface area contributed by atoms with E-state index in [4.69, 9.17) is 4.74 Å². The molecular formula is C16H16N2O6S. The number of ether oxygens (including phenoxy) is 1. The zero-order chi connectivity index (χ0) is 18.6. The standard InChI is InChI=1S/C16H16N2O6S/c1-11-9-14(7-8-15(11)18(20)21)24-10-16(19)12-3-5-13(6-4-12)17-25(2,22)23/h3-9,17H,10H2,1-2H3. The summed E-state index contributed by atoms with van der Waals surface area (Å²) in [5, 5.41) is 10.8. The van der Waals surface area contributed by atoms with Crippen molar-refractivity contribution >= 4 is 27.2 Å². The summed E-state index contributed by atoms with van der Waals surface area (Å²) >= 11 is 0. The third kappa shape index (κ3) is 5.28. The number of rotatable bonds is 7. The van der Waals surface area contributed by atoms with E-state index in [2.05, 4.69) is 4.72 Å². The number of benzene rings is 2. The predicted molar refractivity (Wildman–Crippen MR) is 92.6 cm³/mol. The molecule has 2 aromatic carbocycles. The highest BCUT2D eigenvalue weighted by Gasteiger charge is 2.12. The van der Waals surface area contributed by atoms with Gasteiger partial charge < -0.3 is 4.74 Å². The highest BCUT2D eigenvalue weighted by Crippen LogP contribution is 2.23. The van der Waals surface area contributed by atoms with Gasteiger partial charge in [0.15, 0.2) is 12.4 Å². The Kier molecular flexibility index (Phi) is 5.38. The topological polar surface area (TPSA) is 116 Å². The number of nitro groups is 1. The number of Topliss-reactive ketones (excluding diaryl/α,β-unsaturated/α-hetero) is 1. The number of carbonyl (C=O) groups is 1. The lowest BCUT2D eigenvalue weighted by molar-refractivity contribution is -0.385. The van der Waals surface area contributed by atoms with Gasteiger partial charge in [-0.3, -0.25) is 19.6 Å². The van der Waals surface area contributed by atoms with Gasteiger partial charge in [0.1, 0.15) is 5.75 Å². The Hall–Kier alpha value is -2.94. The predicted octanol–water partition coefficient (Wildman–Crippen LogP) is 2.54. The van der Waals surface area contributed by atoms with Crippen LogP contribution in [0.4, 0.5) is 11.4 Å². The summed E-state index contributed by atoms with van der Waals surface area (Å²) in [7, 11) is -3.38. The number of aryl methyl sites for hydroxylation is 1. The van der Waals surface area contributed by atoms with Gasteiger partial charge in [0.05, 0.1) is 11.2 Å². The fraction of sp³-hybridized carbons (Fsp3) is 0.188. The maximum Gasteiger partial charge on any atom is 0.272 e. The normalized spacial score (nSPS) is 11.0. The van der Waals surface area contributed by atoms with E-state index >= 15 is 0 Å². The molecule has 0 saturated carbocycles. The number of hydrogen-bond donors (Lipinski definition) is 1. The second-order valence-corrected chi connectivity index (χ2v) is 7.12. The molecule has 9 heteroatoms. The van der Waals surface area contributed by atoms with Gasteiger partial charge in [-0.05, 0) is 43.3 Å². The first kappa shape index (κ1) is 18.4. The molecule has 0 spiro atoms. The first-order valence-electron chi connectivity index (χ1n) is 7.14. The Bertz CT molecular complexity index is 907. The van der Waals surface area contributed by atoms with Gasteiger partial charge in [-0.1, -0.05) is 0 Å². The molecular weight excluding hydrogens is 348 g/mol. The van der Waals surface area contributed by atoms with Gasteiger partial charge in [0.2, 0.25) is 10.0 Å². The largest absolute Gasteiger partial charge is 0.485 e. The number of hydrogen-bond acceptors (Lipinski definition) is 6. The quantitative estimate of drug-likeness (QED) is 0.458.